The Hall–Kier alpha value is -1.38. The number of ether oxygens (including phenoxy) is 1. The standard InChI is InChI=1S/C13H12F8O/c1-10(22-2,8-3-5-9(14)6-4-8)7-11(15,12(16,17)18)13(19,20)21/h3-6H,7H2,1-2H3. The summed E-state index contributed by atoms with van der Waals surface area (Å²) >= 11 is 0. The third-order valence-corrected chi connectivity index (χ3v) is 3.38. The van der Waals surface area contributed by atoms with Crippen LogP contribution in [0.4, 0.5) is 35.1 Å². The summed E-state index contributed by atoms with van der Waals surface area (Å²) in [5.41, 5.74) is -7.93. The Balaban J connectivity index is 3.32. The molecule has 1 nitrogen and oxygen atoms in total. The van der Waals surface area contributed by atoms with E-state index in [1.54, 1.807) is 0 Å². The molecule has 0 aliphatic heterocycles. The van der Waals surface area contributed by atoms with Gasteiger partial charge in [0.25, 0.3) is 0 Å². The van der Waals surface area contributed by atoms with Crippen molar-refractivity contribution in [1.82, 2.24) is 0 Å². The fourth-order valence-electron chi connectivity index (χ4n) is 1.92. The Labute approximate surface area is 120 Å². The molecule has 126 valence electrons. The van der Waals surface area contributed by atoms with Gasteiger partial charge in [0.05, 0.1) is 5.60 Å². The Morgan fingerprint density at radius 2 is 1.27 bits per heavy atom. The summed E-state index contributed by atoms with van der Waals surface area (Å²) in [5.74, 6) is -0.750. The first-order valence-electron chi connectivity index (χ1n) is 5.90. The van der Waals surface area contributed by atoms with E-state index in [0.717, 1.165) is 38.3 Å². The van der Waals surface area contributed by atoms with E-state index >= 15 is 0 Å². The predicted octanol–water partition coefficient (Wildman–Crippen LogP) is 4.91. The van der Waals surface area contributed by atoms with Gasteiger partial charge >= 0.3 is 18.0 Å². The maximum Gasteiger partial charge on any atom is 0.431 e. The Morgan fingerprint density at radius 1 is 0.864 bits per heavy atom. The highest BCUT2D eigenvalue weighted by atomic mass is 19.4. The van der Waals surface area contributed by atoms with Gasteiger partial charge in [0.2, 0.25) is 0 Å². The molecule has 0 aliphatic carbocycles. The molecule has 1 rings (SSSR count). The van der Waals surface area contributed by atoms with Gasteiger partial charge < -0.3 is 4.74 Å². The van der Waals surface area contributed by atoms with Crippen LogP contribution in [0.15, 0.2) is 24.3 Å². The lowest BCUT2D eigenvalue weighted by molar-refractivity contribution is -0.353. The van der Waals surface area contributed by atoms with E-state index in [0.29, 0.717) is 0 Å². The van der Waals surface area contributed by atoms with Crippen LogP contribution in [0, 0.1) is 5.82 Å². The molecule has 0 amide bonds. The molecule has 0 saturated carbocycles. The average molecular weight is 336 g/mol. The van der Waals surface area contributed by atoms with Crippen molar-refractivity contribution in [3.63, 3.8) is 0 Å². The predicted molar refractivity (Wildman–Crippen MR) is 61.3 cm³/mol. The van der Waals surface area contributed by atoms with Crippen LogP contribution in [-0.4, -0.2) is 25.1 Å². The summed E-state index contributed by atoms with van der Waals surface area (Å²) in [5, 5.41) is 0. The molecule has 1 aromatic carbocycles. The van der Waals surface area contributed by atoms with Crippen molar-refractivity contribution >= 4 is 0 Å². The third-order valence-electron chi connectivity index (χ3n) is 3.38. The Bertz CT molecular complexity index is 490. The minimum absolute atomic E-state index is 0.216. The highest BCUT2D eigenvalue weighted by molar-refractivity contribution is 5.24. The van der Waals surface area contributed by atoms with E-state index in [4.69, 9.17) is 0 Å². The molecule has 22 heavy (non-hydrogen) atoms. The van der Waals surface area contributed by atoms with Gasteiger partial charge in [-0.05, 0) is 24.6 Å². The lowest BCUT2D eigenvalue weighted by Crippen LogP contribution is -2.56. The molecule has 0 saturated heterocycles. The highest BCUT2D eigenvalue weighted by Crippen LogP contribution is 2.52. The lowest BCUT2D eigenvalue weighted by Gasteiger charge is -2.38. The largest absolute Gasteiger partial charge is 0.431 e. The fraction of sp³-hybridized carbons (Fsp3) is 0.538. The maximum absolute atomic E-state index is 13.8. The third kappa shape index (κ3) is 3.34. The highest BCUT2D eigenvalue weighted by Gasteiger charge is 2.74. The molecule has 0 spiro atoms. The van der Waals surface area contributed by atoms with Crippen LogP contribution in [0.2, 0.25) is 0 Å². The van der Waals surface area contributed by atoms with Gasteiger partial charge in [0.15, 0.2) is 0 Å². The van der Waals surface area contributed by atoms with E-state index in [1.165, 1.54) is 0 Å². The quantitative estimate of drug-likeness (QED) is 0.710. The lowest BCUT2D eigenvalue weighted by atomic mass is 9.83. The first-order valence-corrected chi connectivity index (χ1v) is 5.90. The minimum atomic E-state index is -6.18. The van der Waals surface area contributed by atoms with Crippen molar-refractivity contribution in [3.8, 4) is 0 Å². The van der Waals surface area contributed by atoms with Crippen LogP contribution in [-0.2, 0) is 10.3 Å². The first kappa shape index (κ1) is 18.7. The average Bonchev–Trinajstić information content (AvgIpc) is 2.36. The molecule has 1 aromatic rings. The molecule has 1 unspecified atom stereocenters. The van der Waals surface area contributed by atoms with E-state index < -0.39 is 35.9 Å². The first-order chi connectivity index (χ1) is 9.77. The molecular weight excluding hydrogens is 324 g/mol. The Morgan fingerprint density at radius 3 is 1.59 bits per heavy atom. The summed E-state index contributed by atoms with van der Waals surface area (Å²) in [6, 6.07) is 3.53. The summed E-state index contributed by atoms with van der Waals surface area (Å²) in [7, 11) is 0.844. The van der Waals surface area contributed by atoms with Gasteiger partial charge in [-0.3, -0.25) is 0 Å². The molecular formula is C13H12F8O. The topological polar surface area (TPSA) is 9.23 Å². The second-order valence-corrected chi connectivity index (χ2v) is 4.92. The fourth-order valence-corrected chi connectivity index (χ4v) is 1.92. The van der Waals surface area contributed by atoms with Gasteiger partial charge in [-0.2, -0.15) is 26.3 Å². The SMILES string of the molecule is COC(C)(CC(F)(C(F)(F)F)C(F)(F)F)c1ccc(F)cc1. The smallest absolute Gasteiger partial charge is 0.374 e. The number of hydrogen-bond donors (Lipinski definition) is 0. The monoisotopic (exact) mass is 336 g/mol. The zero-order chi connectivity index (χ0) is 17.4. The van der Waals surface area contributed by atoms with Crippen LogP contribution >= 0.6 is 0 Å². The second kappa shape index (κ2) is 5.68. The van der Waals surface area contributed by atoms with Crippen LogP contribution in [0.5, 0.6) is 0 Å². The molecule has 0 radical (unpaired) electrons. The summed E-state index contributed by atoms with van der Waals surface area (Å²) < 4.78 is 107. The number of methoxy groups -OCH3 is 1. The summed E-state index contributed by atoms with van der Waals surface area (Å²) in [4.78, 5) is 0. The summed E-state index contributed by atoms with van der Waals surface area (Å²) in [6.07, 6.45) is -14.4. The molecule has 0 aliphatic rings. The normalized spacial score (nSPS) is 16.5. The molecule has 0 fully saturated rings. The van der Waals surface area contributed by atoms with Crippen molar-refractivity contribution in [2.45, 2.75) is 37.0 Å². The van der Waals surface area contributed by atoms with E-state index in [-0.39, 0.29) is 5.56 Å². The molecule has 0 aromatic heterocycles. The van der Waals surface area contributed by atoms with Gasteiger partial charge in [0, 0.05) is 13.5 Å². The molecule has 9 heteroatoms. The van der Waals surface area contributed by atoms with Crippen LogP contribution < -0.4 is 0 Å². The number of halogens is 8. The van der Waals surface area contributed by atoms with Crippen LogP contribution in [0.1, 0.15) is 18.9 Å². The molecule has 1 atom stereocenters. The van der Waals surface area contributed by atoms with Gasteiger partial charge in [-0.1, -0.05) is 12.1 Å². The Kier molecular flexibility index (Phi) is 4.82. The van der Waals surface area contributed by atoms with Crippen molar-refractivity contribution in [1.29, 1.82) is 0 Å². The van der Waals surface area contributed by atoms with Gasteiger partial charge in [0.1, 0.15) is 5.82 Å². The van der Waals surface area contributed by atoms with Crippen molar-refractivity contribution in [2.24, 2.45) is 0 Å². The number of rotatable bonds is 4. The van der Waals surface area contributed by atoms with Gasteiger partial charge in [-0.15, -0.1) is 0 Å². The molecule has 0 bridgehead atoms. The van der Waals surface area contributed by atoms with E-state index in [9.17, 15) is 35.1 Å². The number of benzene rings is 1. The molecule has 0 N–H and O–H groups in total. The maximum atomic E-state index is 13.8. The molecule has 0 heterocycles. The second-order valence-electron chi connectivity index (χ2n) is 4.92. The zero-order valence-corrected chi connectivity index (χ0v) is 11.4. The minimum Gasteiger partial charge on any atom is -0.374 e. The van der Waals surface area contributed by atoms with Crippen molar-refractivity contribution in [3.05, 3.63) is 35.6 Å². The summed E-state index contributed by atoms with van der Waals surface area (Å²) in [6.45, 7) is 0.867. The number of hydrogen-bond acceptors (Lipinski definition) is 1. The van der Waals surface area contributed by atoms with Crippen molar-refractivity contribution < 1.29 is 39.9 Å². The van der Waals surface area contributed by atoms with Gasteiger partial charge in [-0.25, -0.2) is 8.78 Å². The zero-order valence-electron chi connectivity index (χ0n) is 11.4. The van der Waals surface area contributed by atoms with E-state index in [2.05, 4.69) is 4.74 Å². The van der Waals surface area contributed by atoms with Crippen LogP contribution in [0.25, 0.3) is 0 Å². The number of alkyl halides is 7. The van der Waals surface area contributed by atoms with Crippen LogP contribution in [0.3, 0.4) is 0 Å². The van der Waals surface area contributed by atoms with E-state index in [1.807, 2.05) is 0 Å². The van der Waals surface area contributed by atoms with Crippen molar-refractivity contribution in [2.75, 3.05) is 7.11 Å².